The topological polar surface area (TPSA) is 81.9 Å². The molecule has 10 heteroatoms. The van der Waals surface area contributed by atoms with E-state index in [0.717, 1.165) is 10.9 Å². The fraction of sp³-hybridized carbons (Fsp3) is 0.667. The lowest BCUT2D eigenvalue weighted by molar-refractivity contribution is -0.0888. The molecular formula is C9H12F3N3O3S. The highest BCUT2D eigenvalue weighted by atomic mass is 32.2. The standard InChI is InChI=1S/C9H12F3N3O3S/c1-6(2)19(17,18)4-3-15-5-7(13-14-15)8(16)9(10,11)12/h5-6H,3-4H2,1-2H3. The zero-order valence-corrected chi connectivity index (χ0v) is 11.0. The Morgan fingerprint density at radius 2 is 2.00 bits per heavy atom. The smallest absolute Gasteiger partial charge is 0.282 e. The Hall–Kier alpha value is -1.45. The molecule has 0 aliphatic carbocycles. The van der Waals surface area contributed by atoms with Crippen molar-refractivity contribution in [3.8, 4) is 0 Å². The van der Waals surface area contributed by atoms with Crippen molar-refractivity contribution < 1.29 is 26.4 Å². The number of sulfone groups is 1. The van der Waals surface area contributed by atoms with Crippen molar-refractivity contribution in [2.75, 3.05) is 5.75 Å². The molecule has 1 aromatic heterocycles. The van der Waals surface area contributed by atoms with Crippen LogP contribution < -0.4 is 0 Å². The van der Waals surface area contributed by atoms with Crippen LogP contribution in [0.2, 0.25) is 0 Å². The number of hydrogen-bond acceptors (Lipinski definition) is 5. The second-order valence-electron chi connectivity index (χ2n) is 4.11. The zero-order chi connectivity index (χ0) is 14.8. The maximum absolute atomic E-state index is 12.1. The summed E-state index contributed by atoms with van der Waals surface area (Å²) in [6, 6.07) is 0. The van der Waals surface area contributed by atoms with Gasteiger partial charge in [0.15, 0.2) is 15.5 Å². The molecule has 0 aromatic carbocycles. The average Bonchev–Trinajstić information content (AvgIpc) is 2.72. The number of aryl methyl sites for hydroxylation is 1. The van der Waals surface area contributed by atoms with Gasteiger partial charge in [-0.1, -0.05) is 5.21 Å². The minimum Gasteiger partial charge on any atom is -0.282 e. The molecule has 1 aromatic rings. The maximum atomic E-state index is 12.1. The molecule has 0 radical (unpaired) electrons. The van der Waals surface area contributed by atoms with Gasteiger partial charge in [-0.15, -0.1) is 5.10 Å². The minimum absolute atomic E-state index is 0.154. The quantitative estimate of drug-likeness (QED) is 0.753. The monoisotopic (exact) mass is 299 g/mol. The largest absolute Gasteiger partial charge is 0.456 e. The number of Topliss-reactive ketones (excluding diaryl/α,β-unsaturated/α-hetero) is 1. The third-order valence-electron chi connectivity index (χ3n) is 2.35. The predicted octanol–water partition coefficient (Wildman–Crippen LogP) is 0.846. The summed E-state index contributed by atoms with van der Waals surface area (Å²) in [6.45, 7) is 2.84. The van der Waals surface area contributed by atoms with Gasteiger partial charge in [-0.25, -0.2) is 8.42 Å². The molecule has 0 saturated heterocycles. The second-order valence-corrected chi connectivity index (χ2v) is 6.79. The Kier molecular flexibility index (Phi) is 4.33. The summed E-state index contributed by atoms with van der Waals surface area (Å²) in [5.41, 5.74) is -0.852. The first-order chi connectivity index (χ1) is 8.54. The van der Waals surface area contributed by atoms with Gasteiger partial charge in [0, 0.05) is 0 Å². The Balaban J connectivity index is 2.75. The van der Waals surface area contributed by atoms with Crippen LogP contribution in [-0.4, -0.2) is 46.4 Å². The van der Waals surface area contributed by atoms with Gasteiger partial charge in [-0.05, 0) is 13.8 Å². The number of rotatable bonds is 5. The average molecular weight is 299 g/mol. The van der Waals surface area contributed by atoms with Gasteiger partial charge in [0.1, 0.15) is 0 Å². The SMILES string of the molecule is CC(C)S(=O)(=O)CCn1cc(C(=O)C(F)(F)F)nn1. The highest BCUT2D eigenvalue weighted by molar-refractivity contribution is 7.91. The van der Waals surface area contributed by atoms with E-state index in [1.807, 2.05) is 0 Å². The number of halogens is 3. The van der Waals surface area contributed by atoms with E-state index in [4.69, 9.17) is 0 Å². The second kappa shape index (κ2) is 5.27. The summed E-state index contributed by atoms with van der Waals surface area (Å²) < 4.78 is 60.2. The number of ketones is 1. The molecule has 108 valence electrons. The van der Waals surface area contributed by atoms with Crippen molar-refractivity contribution in [1.82, 2.24) is 15.0 Å². The Bertz CT molecular complexity index is 563. The van der Waals surface area contributed by atoms with Crippen LogP contribution in [0.5, 0.6) is 0 Å². The van der Waals surface area contributed by atoms with Crippen LogP contribution in [-0.2, 0) is 16.4 Å². The molecule has 0 N–H and O–H groups in total. The van der Waals surface area contributed by atoms with Crippen molar-refractivity contribution in [3.05, 3.63) is 11.9 Å². The Labute approximate surface area is 107 Å². The van der Waals surface area contributed by atoms with Gasteiger partial charge in [0.25, 0.3) is 5.78 Å². The lowest BCUT2D eigenvalue weighted by Crippen LogP contribution is -2.23. The predicted molar refractivity (Wildman–Crippen MR) is 59.3 cm³/mol. The number of alkyl halides is 3. The number of carbonyl (C=O) groups excluding carboxylic acids is 1. The maximum Gasteiger partial charge on any atom is 0.456 e. The van der Waals surface area contributed by atoms with Crippen molar-refractivity contribution >= 4 is 15.6 Å². The molecule has 6 nitrogen and oxygen atoms in total. The normalized spacial score (nSPS) is 12.9. The molecule has 0 amide bonds. The third kappa shape index (κ3) is 4.01. The summed E-state index contributed by atoms with van der Waals surface area (Å²) in [6.07, 6.45) is -4.24. The number of nitrogens with zero attached hydrogens (tertiary/aromatic N) is 3. The summed E-state index contributed by atoms with van der Waals surface area (Å²) in [7, 11) is -3.33. The van der Waals surface area contributed by atoms with Crippen LogP contribution >= 0.6 is 0 Å². The fourth-order valence-corrected chi connectivity index (χ4v) is 2.03. The molecule has 0 fully saturated rings. The zero-order valence-electron chi connectivity index (χ0n) is 10.2. The molecule has 0 aliphatic heterocycles. The summed E-state index contributed by atoms with van der Waals surface area (Å²) in [5, 5.41) is 5.78. The fourth-order valence-electron chi connectivity index (χ4n) is 1.11. The lowest BCUT2D eigenvalue weighted by Gasteiger charge is -2.06. The first-order valence-electron chi connectivity index (χ1n) is 5.27. The number of aromatic nitrogens is 3. The van der Waals surface area contributed by atoms with Gasteiger partial charge < -0.3 is 0 Å². The lowest BCUT2D eigenvalue weighted by atomic mass is 10.3. The summed E-state index contributed by atoms with van der Waals surface area (Å²) in [5.74, 6) is -2.39. The van der Waals surface area contributed by atoms with Crippen LogP contribution in [0.15, 0.2) is 6.20 Å². The van der Waals surface area contributed by atoms with Gasteiger partial charge in [0.2, 0.25) is 0 Å². The third-order valence-corrected chi connectivity index (χ3v) is 4.54. The highest BCUT2D eigenvalue weighted by Gasteiger charge is 2.41. The molecular weight excluding hydrogens is 287 g/mol. The van der Waals surface area contributed by atoms with E-state index in [9.17, 15) is 26.4 Å². The number of carbonyl (C=O) groups is 1. The first kappa shape index (κ1) is 15.6. The van der Waals surface area contributed by atoms with E-state index in [0.29, 0.717) is 0 Å². The summed E-state index contributed by atoms with van der Waals surface area (Å²) >= 11 is 0. The molecule has 0 unspecified atom stereocenters. The molecule has 0 saturated carbocycles. The molecule has 0 atom stereocenters. The molecule has 1 heterocycles. The molecule has 19 heavy (non-hydrogen) atoms. The van der Waals surface area contributed by atoms with Gasteiger partial charge in [-0.2, -0.15) is 13.2 Å². The van der Waals surface area contributed by atoms with E-state index in [1.54, 1.807) is 0 Å². The van der Waals surface area contributed by atoms with Crippen molar-refractivity contribution in [2.45, 2.75) is 31.8 Å². The first-order valence-corrected chi connectivity index (χ1v) is 6.99. The van der Waals surface area contributed by atoms with E-state index in [-0.39, 0.29) is 12.3 Å². The van der Waals surface area contributed by atoms with E-state index in [1.165, 1.54) is 13.8 Å². The van der Waals surface area contributed by atoms with Crippen LogP contribution in [0.25, 0.3) is 0 Å². The van der Waals surface area contributed by atoms with E-state index < -0.39 is 32.7 Å². The Morgan fingerprint density at radius 1 is 1.42 bits per heavy atom. The van der Waals surface area contributed by atoms with E-state index >= 15 is 0 Å². The van der Waals surface area contributed by atoms with Crippen LogP contribution in [0.1, 0.15) is 24.3 Å². The molecule has 0 aliphatic rings. The van der Waals surface area contributed by atoms with Crippen molar-refractivity contribution in [1.29, 1.82) is 0 Å². The van der Waals surface area contributed by atoms with Gasteiger partial charge in [-0.3, -0.25) is 9.48 Å². The summed E-state index contributed by atoms with van der Waals surface area (Å²) in [4.78, 5) is 10.8. The van der Waals surface area contributed by atoms with Crippen LogP contribution in [0.3, 0.4) is 0 Å². The van der Waals surface area contributed by atoms with Crippen molar-refractivity contribution in [3.63, 3.8) is 0 Å². The van der Waals surface area contributed by atoms with Gasteiger partial charge in [0.05, 0.1) is 23.7 Å². The van der Waals surface area contributed by atoms with Crippen molar-refractivity contribution in [2.24, 2.45) is 0 Å². The Morgan fingerprint density at radius 3 is 2.47 bits per heavy atom. The van der Waals surface area contributed by atoms with Gasteiger partial charge >= 0.3 is 6.18 Å². The van der Waals surface area contributed by atoms with E-state index in [2.05, 4.69) is 10.3 Å². The van der Waals surface area contributed by atoms with Crippen LogP contribution in [0, 0.1) is 0 Å². The molecule has 0 bridgehead atoms. The highest BCUT2D eigenvalue weighted by Crippen LogP contribution is 2.19. The molecule has 1 rings (SSSR count). The number of hydrogen-bond donors (Lipinski definition) is 0. The van der Waals surface area contributed by atoms with Crippen LogP contribution in [0.4, 0.5) is 13.2 Å². The minimum atomic E-state index is -5.02. The molecule has 0 spiro atoms.